The zero-order valence-electron chi connectivity index (χ0n) is 9.45. The molecule has 0 aliphatic carbocycles. The SMILES string of the molecule is Fc1ccc(Nc2nc3cc(Cl)ccc3s2)c(Br)c1. The van der Waals surface area contributed by atoms with E-state index >= 15 is 0 Å². The molecule has 1 heterocycles. The molecule has 0 amide bonds. The average Bonchev–Trinajstić information content (AvgIpc) is 2.74. The van der Waals surface area contributed by atoms with Crippen LogP contribution < -0.4 is 5.32 Å². The number of aromatic nitrogens is 1. The Morgan fingerprint density at radius 2 is 2.05 bits per heavy atom. The van der Waals surface area contributed by atoms with Gasteiger partial charge in [-0.05, 0) is 52.3 Å². The van der Waals surface area contributed by atoms with Crippen molar-refractivity contribution < 1.29 is 4.39 Å². The van der Waals surface area contributed by atoms with Gasteiger partial charge in [-0.2, -0.15) is 0 Å². The highest BCUT2D eigenvalue weighted by molar-refractivity contribution is 9.10. The van der Waals surface area contributed by atoms with E-state index in [1.807, 2.05) is 18.2 Å². The monoisotopic (exact) mass is 356 g/mol. The van der Waals surface area contributed by atoms with Crippen LogP contribution in [0.5, 0.6) is 0 Å². The van der Waals surface area contributed by atoms with Crippen molar-refractivity contribution in [2.24, 2.45) is 0 Å². The summed E-state index contributed by atoms with van der Waals surface area (Å²) >= 11 is 10.8. The molecule has 0 unspecified atom stereocenters. The lowest BCUT2D eigenvalue weighted by Gasteiger charge is -2.04. The number of nitrogens with one attached hydrogen (secondary N) is 1. The van der Waals surface area contributed by atoms with Crippen molar-refractivity contribution in [3.05, 3.63) is 51.7 Å². The van der Waals surface area contributed by atoms with Crippen LogP contribution in [-0.4, -0.2) is 4.98 Å². The fourth-order valence-corrected chi connectivity index (χ4v) is 3.13. The van der Waals surface area contributed by atoms with E-state index in [1.54, 1.807) is 6.07 Å². The highest BCUT2D eigenvalue weighted by Gasteiger charge is 2.07. The van der Waals surface area contributed by atoms with E-state index in [2.05, 4.69) is 26.2 Å². The van der Waals surface area contributed by atoms with Crippen LogP contribution in [0.25, 0.3) is 10.2 Å². The molecule has 6 heteroatoms. The number of nitrogens with zero attached hydrogens (tertiary/aromatic N) is 1. The third-order valence-corrected chi connectivity index (χ3v) is 4.37. The maximum Gasteiger partial charge on any atom is 0.188 e. The Morgan fingerprint density at radius 1 is 1.21 bits per heavy atom. The molecule has 0 aliphatic rings. The van der Waals surface area contributed by atoms with Crippen LogP contribution in [0.4, 0.5) is 15.2 Å². The van der Waals surface area contributed by atoms with Gasteiger partial charge in [0.15, 0.2) is 5.13 Å². The average molecular weight is 358 g/mol. The van der Waals surface area contributed by atoms with Gasteiger partial charge < -0.3 is 5.32 Å². The fourth-order valence-electron chi connectivity index (χ4n) is 1.66. The van der Waals surface area contributed by atoms with E-state index < -0.39 is 0 Å². The minimum absolute atomic E-state index is 0.284. The van der Waals surface area contributed by atoms with Gasteiger partial charge in [-0.15, -0.1) is 0 Å². The number of hydrogen-bond donors (Lipinski definition) is 1. The highest BCUT2D eigenvalue weighted by Crippen LogP contribution is 2.32. The number of anilines is 2. The van der Waals surface area contributed by atoms with Crippen LogP contribution in [0.2, 0.25) is 5.02 Å². The first-order chi connectivity index (χ1) is 9.11. The van der Waals surface area contributed by atoms with Gasteiger partial charge in [0.2, 0.25) is 0 Å². The summed E-state index contributed by atoms with van der Waals surface area (Å²) in [7, 11) is 0. The second-order valence-corrected chi connectivity index (χ2v) is 6.20. The first-order valence-corrected chi connectivity index (χ1v) is 7.39. The van der Waals surface area contributed by atoms with Crippen molar-refractivity contribution in [1.82, 2.24) is 4.98 Å². The van der Waals surface area contributed by atoms with Crippen LogP contribution in [0.1, 0.15) is 0 Å². The predicted molar refractivity (Wildman–Crippen MR) is 82.0 cm³/mol. The molecule has 1 N–H and O–H groups in total. The molecule has 0 aliphatic heterocycles. The van der Waals surface area contributed by atoms with Crippen LogP contribution in [-0.2, 0) is 0 Å². The summed E-state index contributed by atoms with van der Waals surface area (Å²) in [6.07, 6.45) is 0. The van der Waals surface area contributed by atoms with Crippen LogP contribution in [0, 0.1) is 5.82 Å². The molecule has 3 aromatic rings. The number of thiazole rings is 1. The van der Waals surface area contributed by atoms with Gasteiger partial charge >= 0.3 is 0 Å². The smallest absolute Gasteiger partial charge is 0.188 e. The van der Waals surface area contributed by atoms with Crippen molar-refractivity contribution in [3.8, 4) is 0 Å². The summed E-state index contributed by atoms with van der Waals surface area (Å²) in [5, 5.41) is 4.56. The number of benzene rings is 2. The maximum atomic E-state index is 13.0. The van der Waals surface area contributed by atoms with E-state index in [1.165, 1.54) is 23.5 Å². The molecule has 2 nitrogen and oxygen atoms in total. The van der Waals surface area contributed by atoms with Crippen molar-refractivity contribution in [1.29, 1.82) is 0 Å². The third-order valence-electron chi connectivity index (χ3n) is 2.52. The fraction of sp³-hybridized carbons (Fsp3) is 0. The summed E-state index contributed by atoms with van der Waals surface area (Å²) in [5.41, 5.74) is 1.62. The van der Waals surface area contributed by atoms with Gasteiger partial charge in [0, 0.05) is 9.50 Å². The molecule has 2 aromatic carbocycles. The lowest BCUT2D eigenvalue weighted by Crippen LogP contribution is -1.90. The molecule has 0 bridgehead atoms. The van der Waals surface area contributed by atoms with Gasteiger partial charge in [-0.25, -0.2) is 9.37 Å². The van der Waals surface area contributed by atoms with Gasteiger partial charge in [0.05, 0.1) is 15.9 Å². The number of hydrogen-bond acceptors (Lipinski definition) is 3. The normalized spacial score (nSPS) is 10.9. The molecule has 0 spiro atoms. The zero-order valence-corrected chi connectivity index (χ0v) is 12.6. The molecule has 0 saturated carbocycles. The van der Waals surface area contributed by atoms with E-state index in [0.29, 0.717) is 9.50 Å². The summed E-state index contributed by atoms with van der Waals surface area (Å²) in [6.45, 7) is 0. The Morgan fingerprint density at radius 3 is 2.84 bits per heavy atom. The summed E-state index contributed by atoms with van der Waals surface area (Å²) < 4.78 is 14.7. The third kappa shape index (κ3) is 2.73. The van der Waals surface area contributed by atoms with Gasteiger partial charge in [-0.1, -0.05) is 22.9 Å². The van der Waals surface area contributed by atoms with Gasteiger partial charge in [0.1, 0.15) is 5.82 Å². The van der Waals surface area contributed by atoms with Crippen LogP contribution in [0.15, 0.2) is 40.9 Å². The largest absolute Gasteiger partial charge is 0.331 e. The molecule has 3 rings (SSSR count). The second kappa shape index (κ2) is 5.07. The van der Waals surface area contributed by atoms with E-state index in [9.17, 15) is 4.39 Å². The molecule has 0 atom stereocenters. The molecule has 1 aromatic heterocycles. The van der Waals surface area contributed by atoms with Crippen molar-refractivity contribution in [3.63, 3.8) is 0 Å². The molecular weight excluding hydrogens is 351 g/mol. The van der Waals surface area contributed by atoms with Gasteiger partial charge in [0.25, 0.3) is 0 Å². The van der Waals surface area contributed by atoms with E-state index in [-0.39, 0.29) is 5.82 Å². The first kappa shape index (κ1) is 12.8. The lowest BCUT2D eigenvalue weighted by atomic mass is 10.3. The summed E-state index contributed by atoms with van der Waals surface area (Å²) in [6, 6.07) is 10.1. The van der Waals surface area contributed by atoms with Crippen molar-refractivity contribution in [2.75, 3.05) is 5.32 Å². The number of halogens is 3. The van der Waals surface area contributed by atoms with Crippen LogP contribution >= 0.6 is 38.9 Å². The molecule has 0 radical (unpaired) electrons. The quantitative estimate of drug-likeness (QED) is 0.646. The Hall–Kier alpha value is -1.17. The van der Waals surface area contributed by atoms with Gasteiger partial charge in [-0.3, -0.25) is 0 Å². The Kier molecular flexibility index (Phi) is 3.43. The van der Waals surface area contributed by atoms with E-state index in [4.69, 9.17) is 11.6 Å². The summed E-state index contributed by atoms with van der Waals surface area (Å²) in [4.78, 5) is 4.44. The minimum atomic E-state index is -0.284. The maximum absolute atomic E-state index is 13.0. The Balaban J connectivity index is 1.96. The van der Waals surface area contributed by atoms with Crippen molar-refractivity contribution >= 4 is 59.9 Å². The van der Waals surface area contributed by atoms with Crippen molar-refractivity contribution in [2.45, 2.75) is 0 Å². The molecule has 0 saturated heterocycles. The highest BCUT2D eigenvalue weighted by atomic mass is 79.9. The minimum Gasteiger partial charge on any atom is -0.331 e. The standard InChI is InChI=1S/C13H7BrClFN2S/c14-9-6-8(16)2-3-10(9)17-13-18-11-5-7(15)1-4-12(11)19-13/h1-6H,(H,17,18). The second-order valence-electron chi connectivity index (χ2n) is 3.88. The van der Waals surface area contributed by atoms with E-state index in [0.717, 1.165) is 21.0 Å². The number of fused-ring (bicyclic) bond motifs is 1. The lowest BCUT2D eigenvalue weighted by molar-refractivity contribution is 0.627. The molecule has 19 heavy (non-hydrogen) atoms. The first-order valence-electron chi connectivity index (χ1n) is 5.40. The molecular formula is C13H7BrClFN2S. The Bertz CT molecular complexity index is 759. The molecule has 0 fully saturated rings. The van der Waals surface area contributed by atoms with Crippen LogP contribution in [0.3, 0.4) is 0 Å². The zero-order chi connectivity index (χ0) is 13.4. The number of rotatable bonds is 2. The summed E-state index contributed by atoms with van der Waals surface area (Å²) in [5.74, 6) is -0.284. The topological polar surface area (TPSA) is 24.9 Å². The predicted octanol–water partition coefficient (Wildman–Crippen LogP) is 5.59. The Labute approximate surface area is 126 Å². The molecule has 96 valence electrons.